The van der Waals surface area contributed by atoms with Gasteiger partial charge in [-0.1, -0.05) is 148 Å². The molecule has 0 aliphatic rings. The molecule has 4 N–H and O–H groups in total. The highest BCUT2D eigenvalue weighted by atomic mass is 32.2. The highest BCUT2D eigenvalue weighted by Gasteiger charge is 2.27. The summed E-state index contributed by atoms with van der Waals surface area (Å²) in [7, 11) is -4.42. The molecule has 8 heteroatoms. The molecule has 0 fully saturated rings. The molecule has 7 nitrogen and oxygen atoms in total. The first-order chi connectivity index (χ1) is 18.7. The van der Waals surface area contributed by atoms with Crippen molar-refractivity contribution >= 4 is 16.0 Å². The van der Waals surface area contributed by atoms with Crippen molar-refractivity contribution in [3.63, 3.8) is 0 Å². The molecule has 0 aromatic carbocycles. The molecule has 0 saturated carbocycles. The Kier molecular flexibility index (Phi) is 25.3. The minimum atomic E-state index is -4.42. The van der Waals surface area contributed by atoms with Crippen LogP contribution in [0.3, 0.4) is 0 Å². The number of carbonyl (C=O) groups is 1. The van der Waals surface area contributed by atoms with Crippen LogP contribution in [0, 0.1) is 0 Å². The Morgan fingerprint density at radius 3 is 1.54 bits per heavy atom. The lowest BCUT2D eigenvalue weighted by Crippen LogP contribution is -2.50. The summed E-state index contributed by atoms with van der Waals surface area (Å²) >= 11 is 0. The van der Waals surface area contributed by atoms with E-state index in [4.69, 9.17) is 0 Å². The number of nitrogens with one attached hydrogen (secondary N) is 1. The number of carbonyl (C=O) groups excluding carboxylic acids is 1. The second-order valence-electron chi connectivity index (χ2n) is 11.2. The molecule has 0 bridgehead atoms. The van der Waals surface area contributed by atoms with E-state index in [0.29, 0.717) is 6.42 Å². The molecular formula is C31H61NO6S. The maximum Gasteiger partial charge on any atom is 0.267 e. The minimum absolute atomic E-state index is 0.284. The number of rotatable bonds is 28. The van der Waals surface area contributed by atoms with Crippen LogP contribution < -0.4 is 5.32 Å². The number of amides is 1. The fraction of sp³-hybridized carbons (Fsp3) is 0.903. The van der Waals surface area contributed by atoms with Gasteiger partial charge in [-0.15, -0.1) is 0 Å². The van der Waals surface area contributed by atoms with Crippen molar-refractivity contribution < 1.29 is 28.0 Å². The third-order valence-corrected chi connectivity index (χ3v) is 8.10. The summed E-state index contributed by atoms with van der Waals surface area (Å²) in [5.74, 6) is -1.53. The molecule has 0 rings (SSSR count). The van der Waals surface area contributed by atoms with Crippen LogP contribution in [0.1, 0.15) is 155 Å². The molecule has 232 valence electrons. The normalized spacial score (nSPS) is 14.5. The molecule has 0 saturated heterocycles. The van der Waals surface area contributed by atoms with Gasteiger partial charge in [0.1, 0.15) is 6.10 Å². The highest BCUT2D eigenvalue weighted by molar-refractivity contribution is 7.85. The Morgan fingerprint density at radius 1 is 0.692 bits per heavy atom. The van der Waals surface area contributed by atoms with Gasteiger partial charge in [0, 0.05) is 0 Å². The Balaban J connectivity index is 4.08. The van der Waals surface area contributed by atoms with Gasteiger partial charge in [-0.05, 0) is 19.3 Å². The average molecular weight is 576 g/mol. The molecular weight excluding hydrogens is 514 g/mol. The number of hydrogen-bond acceptors (Lipinski definition) is 5. The lowest BCUT2D eigenvalue weighted by atomic mass is 10.0. The highest BCUT2D eigenvalue weighted by Crippen LogP contribution is 2.14. The number of aliphatic hydroxyl groups excluding tert-OH is 2. The van der Waals surface area contributed by atoms with Crippen molar-refractivity contribution in [1.29, 1.82) is 0 Å². The van der Waals surface area contributed by atoms with Crippen molar-refractivity contribution in [2.75, 3.05) is 5.75 Å². The Bertz CT molecular complexity index is 697. The van der Waals surface area contributed by atoms with Gasteiger partial charge >= 0.3 is 0 Å². The molecule has 0 heterocycles. The van der Waals surface area contributed by atoms with Gasteiger partial charge in [-0.2, -0.15) is 8.42 Å². The Morgan fingerprint density at radius 2 is 1.10 bits per heavy atom. The third kappa shape index (κ3) is 25.7. The van der Waals surface area contributed by atoms with E-state index in [1.165, 1.54) is 83.1 Å². The van der Waals surface area contributed by atoms with E-state index >= 15 is 0 Å². The molecule has 0 aliphatic heterocycles. The maximum absolute atomic E-state index is 12.4. The molecule has 39 heavy (non-hydrogen) atoms. The summed E-state index contributed by atoms with van der Waals surface area (Å²) in [5.41, 5.74) is 0. The number of aliphatic hydroxyl groups is 2. The SMILES string of the molecule is CCCCCCC/C=C/C(O)C(CS(=O)(=O)O)NC(=O)C(O)CCCCCCCCCCCCCCCCC. The van der Waals surface area contributed by atoms with Crippen molar-refractivity contribution in [2.45, 2.75) is 173 Å². The predicted molar refractivity (Wildman–Crippen MR) is 162 cm³/mol. The number of hydrogen-bond donors (Lipinski definition) is 4. The topological polar surface area (TPSA) is 124 Å². The van der Waals surface area contributed by atoms with E-state index in [2.05, 4.69) is 19.2 Å². The predicted octanol–water partition coefficient (Wildman–Crippen LogP) is 7.26. The van der Waals surface area contributed by atoms with Gasteiger partial charge in [-0.3, -0.25) is 9.35 Å². The van der Waals surface area contributed by atoms with Crippen molar-refractivity contribution in [2.24, 2.45) is 0 Å². The summed E-state index contributed by atoms with van der Waals surface area (Å²) in [5, 5.41) is 23.1. The van der Waals surface area contributed by atoms with E-state index in [0.717, 1.165) is 51.4 Å². The smallest absolute Gasteiger partial charge is 0.267 e. The van der Waals surface area contributed by atoms with Crippen LogP contribution in [-0.4, -0.2) is 53.1 Å². The fourth-order valence-corrected chi connectivity index (χ4v) is 5.54. The third-order valence-electron chi connectivity index (χ3n) is 7.32. The molecule has 0 radical (unpaired) electrons. The van der Waals surface area contributed by atoms with E-state index in [9.17, 15) is 28.0 Å². The van der Waals surface area contributed by atoms with Gasteiger partial charge in [-0.25, -0.2) is 0 Å². The minimum Gasteiger partial charge on any atom is -0.387 e. The van der Waals surface area contributed by atoms with E-state index in [1.807, 2.05) is 0 Å². The van der Waals surface area contributed by atoms with Crippen LogP contribution in [-0.2, 0) is 14.9 Å². The monoisotopic (exact) mass is 575 g/mol. The van der Waals surface area contributed by atoms with Gasteiger partial charge < -0.3 is 15.5 Å². The lowest BCUT2D eigenvalue weighted by molar-refractivity contribution is -0.130. The van der Waals surface area contributed by atoms with Gasteiger partial charge in [0.25, 0.3) is 10.1 Å². The number of allylic oxidation sites excluding steroid dienone is 1. The van der Waals surface area contributed by atoms with Crippen LogP contribution in [0.2, 0.25) is 0 Å². The Labute approximate surface area is 240 Å². The first kappa shape index (κ1) is 38.0. The summed E-state index contributed by atoms with van der Waals surface area (Å²) in [6.45, 7) is 4.40. The molecule has 1 amide bonds. The summed E-state index contributed by atoms with van der Waals surface area (Å²) in [6, 6.07) is -1.22. The van der Waals surface area contributed by atoms with Crippen LogP contribution in [0.4, 0.5) is 0 Å². The van der Waals surface area contributed by atoms with Crippen LogP contribution in [0.25, 0.3) is 0 Å². The zero-order valence-corrected chi connectivity index (χ0v) is 25.9. The standard InChI is InChI=1S/C31H61NO6S/c1-3-5-7-9-11-12-13-14-15-16-17-18-20-22-24-26-30(34)31(35)32-28(27-39(36,37)38)29(33)25-23-21-19-10-8-6-4-2/h23,25,28-30,33-34H,3-22,24,26-27H2,1-2H3,(H,32,35)(H,36,37,38)/b25-23+. The average Bonchev–Trinajstić information content (AvgIpc) is 2.88. The van der Waals surface area contributed by atoms with Crippen LogP contribution >= 0.6 is 0 Å². The van der Waals surface area contributed by atoms with E-state index in [-0.39, 0.29) is 6.42 Å². The summed E-state index contributed by atoms with van der Waals surface area (Å²) < 4.78 is 32.1. The van der Waals surface area contributed by atoms with E-state index in [1.54, 1.807) is 6.08 Å². The van der Waals surface area contributed by atoms with Gasteiger partial charge in [0.2, 0.25) is 5.91 Å². The molecule has 0 aromatic heterocycles. The zero-order valence-electron chi connectivity index (χ0n) is 25.1. The van der Waals surface area contributed by atoms with Crippen LogP contribution in [0.5, 0.6) is 0 Å². The molecule has 0 spiro atoms. The van der Waals surface area contributed by atoms with Crippen LogP contribution in [0.15, 0.2) is 12.2 Å². The maximum atomic E-state index is 12.4. The molecule has 0 aromatic rings. The first-order valence-corrected chi connectivity index (χ1v) is 17.6. The fourth-order valence-electron chi connectivity index (χ4n) is 4.81. The summed E-state index contributed by atoms with van der Waals surface area (Å²) in [6.07, 6.45) is 25.8. The van der Waals surface area contributed by atoms with E-state index < -0.39 is 40.0 Å². The molecule has 3 atom stereocenters. The largest absolute Gasteiger partial charge is 0.387 e. The zero-order chi connectivity index (χ0) is 29.2. The van der Waals surface area contributed by atoms with Crippen molar-refractivity contribution in [3.05, 3.63) is 12.2 Å². The van der Waals surface area contributed by atoms with Gasteiger partial charge in [0.05, 0.1) is 17.9 Å². The second-order valence-corrected chi connectivity index (χ2v) is 12.7. The van der Waals surface area contributed by atoms with Crippen molar-refractivity contribution in [1.82, 2.24) is 5.32 Å². The lowest BCUT2D eigenvalue weighted by Gasteiger charge is -2.22. The Hall–Kier alpha value is -0.960. The molecule has 3 unspecified atom stereocenters. The second kappa shape index (κ2) is 26.0. The van der Waals surface area contributed by atoms with Gasteiger partial charge in [0.15, 0.2) is 0 Å². The number of unbranched alkanes of at least 4 members (excludes halogenated alkanes) is 19. The van der Waals surface area contributed by atoms with Crippen molar-refractivity contribution in [3.8, 4) is 0 Å². The first-order valence-electron chi connectivity index (χ1n) is 16.0. The molecule has 0 aliphatic carbocycles. The quantitative estimate of drug-likeness (QED) is 0.0442. The summed E-state index contributed by atoms with van der Waals surface area (Å²) in [4.78, 5) is 12.4.